The molecule has 2 rings (SSSR count). The van der Waals surface area contributed by atoms with Gasteiger partial charge in [-0.05, 0) is 43.7 Å². The molecule has 21 heavy (non-hydrogen) atoms. The number of amides is 1. The molecule has 3 nitrogen and oxygen atoms in total. The zero-order chi connectivity index (χ0) is 15.2. The minimum Gasteiger partial charge on any atom is -0.325 e. The van der Waals surface area contributed by atoms with Crippen molar-refractivity contribution >= 4 is 27.5 Å². The maximum atomic E-state index is 12.1. The van der Waals surface area contributed by atoms with Gasteiger partial charge in [0.1, 0.15) is 0 Å². The second kappa shape index (κ2) is 7.38. The van der Waals surface area contributed by atoms with E-state index in [1.807, 2.05) is 62.4 Å². The van der Waals surface area contributed by atoms with E-state index in [9.17, 15) is 4.79 Å². The number of nitrogens with one attached hydrogen (secondary N) is 2. The summed E-state index contributed by atoms with van der Waals surface area (Å²) in [6.45, 7) is 4.55. The van der Waals surface area contributed by atoms with E-state index < -0.39 is 0 Å². The largest absolute Gasteiger partial charge is 0.325 e. The van der Waals surface area contributed by atoms with Gasteiger partial charge in [0.15, 0.2) is 0 Å². The van der Waals surface area contributed by atoms with E-state index in [2.05, 4.69) is 26.6 Å². The van der Waals surface area contributed by atoms with Gasteiger partial charge in [0.05, 0.1) is 6.04 Å². The van der Waals surface area contributed by atoms with Crippen molar-refractivity contribution in [2.24, 2.45) is 0 Å². The third-order valence-corrected chi connectivity index (χ3v) is 3.77. The molecule has 0 spiro atoms. The molecule has 0 bridgehead atoms. The summed E-state index contributed by atoms with van der Waals surface area (Å²) >= 11 is 3.41. The first-order valence-electron chi connectivity index (χ1n) is 6.90. The van der Waals surface area contributed by atoms with Crippen LogP contribution in [0.3, 0.4) is 0 Å². The van der Waals surface area contributed by atoms with Crippen molar-refractivity contribution in [1.29, 1.82) is 0 Å². The Labute approximate surface area is 133 Å². The highest BCUT2D eigenvalue weighted by molar-refractivity contribution is 9.10. The predicted octanol–water partition coefficient (Wildman–Crippen LogP) is 3.87. The molecule has 1 atom stereocenters. The molecule has 0 aromatic heterocycles. The van der Waals surface area contributed by atoms with Crippen molar-refractivity contribution in [3.05, 3.63) is 64.1 Å². The normalized spacial score (nSPS) is 12.0. The zero-order valence-corrected chi connectivity index (χ0v) is 13.8. The molecule has 0 fully saturated rings. The van der Waals surface area contributed by atoms with Crippen LogP contribution in [0.15, 0.2) is 53.0 Å². The topological polar surface area (TPSA) is 41.1 Å². The predicted molar refractivity (Wildman–Crippen MR) is 90.3 cm³/mol. The Morgan fingerprint density at radius 2 is 1.71 bits per heavy atom. The molecule has 2 N–H and O–H groups in total. The molecule has 0 radical (unpaired) electrons. The van der Waals surface area contributed by atoms with Gasteiger partial charge in [-0.1, -0.05) is 45.8 Å². The van der Waals surface area contributed by atoms with Crippen LogP contribution in [0.4, 0.5) is 5.69 Å². The smallest absolute Gasteiger partial charge is 0.241 e. The molecule has 0 aliphatic heterocycles. The molecule has 1 amide bonds. The Morgan fingerprint density at radius 3 is 2.33 bits per heavy atom. The first-order chi connectivity index (χ1) is 10.0. The number of anilines is 1. The van der Waals surface area contributed by atoms with E-state index in [1.54, 1.807) is 0 Å². The minimum atomic E-state index is -0.255. The lowest BCUT2D eigenvalue weighted by molar-refractivity contribution is -0.117. The third kappa shape index (κ3) is 4.99. The van der Waals surface area contributed by atoms with Gasteiger partial charge in [0.2, 0.25) is 5.91 Å². The number of carbonyl (C=O) groups excluding carboxylic acids is 1. The second-order valence-electron chi connectivity index (χ2n) is 5.08. The van der Waals surface area contributed by atoms with Crippen LogP contribution >= 0.6 is 15.9 Å². The van der Waals surface area contributed by atoms with E-state index in [4.69, 9.17) is 0 Å². The lowest BCUT2D eigenvalue weighted by atomic mass is 10.2. The maximum absolute atomic E-state index is 12.1. The van der Waals surface area contributed by atoms with Gasteiger partial charge in [0.25, 0.3) is 0 Å². The van der Waals surface area contributed by atoms with Gasteiger partial charge in [-0.3, -0.25) is 4.79 Å². The Hall–Kier alpha value is -1.65. The molecule has 0 heterocycles. The van der Waals surface area contributed by atoms with Gasteiger partial charge < -0.3 is 10.6 Å². The molecule has 0 aliphatic carbocycles. The van der Waals surface area contributed by atoms with Gasteiger partial charge >= 0.3 is 0 Å². The van der Waals surface area contributed by atoms with Gasteiger partial charge in [-0.15, -0.1) is 0 Å². The molecule has 0 aliphatic rings. The molecular weight excluding hydrogens is 328 g/mol. The van der Waals surface area contributed by atoms with E-state index in [0.29, 0.717) is 6.54 Å². The Balaban J connectivity index is 1.84. The summed E-state index contributed by atoms with van der Waals surface area (Å²) < 4.78 is 1.05. The molecule has 110 valence electrons. The van der Waals surface area contributed by atoms with Crippen LogP contribution < -0.4 is 10.6 Å². The molecular formula is C17H19BrN2O. The summed E-state index contributed by atoms with van der Waals surface area (Å²) in [7, 11) is 0. The molecule has 4 heteroatoms. The summed E-state index contributed by atoms with van der Waals surface area (Å²) in [5.41, 5.74) is 3.14. The average molecular weight is 347 g/mol. The number of hydrogen-bond acceptors (Lipinski definition) is 2. The van der Waals surface area contributed by atoms with Crippen molar-refractivity contribution in [2.75, 3.05) is 5.32 Å². The van der Waals surface area contributed by atoms with Crippen LogP contribution in [-0.2, 0) is 11.3 Å². The number of benzene rings is 2. The first-order valence-corrected chi connectivity index (χ1v) is 7.69. The fraction of sp³-hybridized carbons (Fsp3) is 0.235. The monoisotopic (exact) mass is 346 g/mol. The van der Waals surface area contributed by atoms with Crippen LogP contribution in [0.5, 0.6) is 0 Å². The summed E-state index contributed by atoms with van der Waals surface area (Å²) in [6.07, 6.45) is 0. The first kappa shape index (κ1) is 15.7. The van der Waals surface area contributed by atoms with Crippen molar-refractivity contribution < 1.29 is 4.79 Å². The highest BCUT2D eigenvalue weighted by Crippen LogP contribution is 2.11. The van der Waals surface area contributed by atoms with Crippen LogP contribution in [-0.4, -0.2) is 11.9 Å². The molecule has 2 aromatic carbocycles. The quantitative estimate of drug-likeness (QED) is 0.862. The number of aryl methyl sites for hydroxylation is 1. The lowest BCUT2D eigenvalue weighted by Crippen LogP contribution is -2.37. The van der Waals surface area contributed by atoms with Gasteiger partial charge in [0, 0.05) is 16.7 Å². The summed E-state index contributed by atoms with van der Waals surface area (Å²) in [5, 5.41) is 6.13. The van der Waals surface area contributed by atoms with E-state index in [1.165, 1.54) is 5.56 Å². The number of halogens is 1. The molecule has 0 saturated heterocycles. The Bertz CT molecular complexity index is 593. The highest BCUT2D eigenvalue weighted by atomic mass is 79.9. The van der Waals surface area contributed by atoms with E-state index in [-0.39, 0.29) is 11.9 Å². The highest BCUT2D eigenvalue weighted by Gasteiger charge is 2.12. The third-order valence-electron chi connectivity index (χ3n) is 3.24. The van der Waals surface area contributed by atoms with Gasteiger partial charge in [-0.2, -0.15) is 0 Å². The van der Waals surface area contributed by atoms with Crippen LogP contribution in [0.2, 0.25) is 0 Å². The second-order valence-corrected chi connectivity index (χ2v) is 6.00. The fourth-order valence-electron chi connectivity index (χ4n) is 1.85. The fourth-order valence-corrected chi connectivity index (χ4v) is 2.12. The van der Waals surface area contributed by atoms with E-state index in [0.717, 1.165) is 15.7 Å². The maximum Gasteiger partial charge on any atom is 0.241 e. The zero-order valence-electron chi connectivity index (χ0n) is 12.2. The van der Waals surface area contributed by atoms with Crippen molar-refractivity contribution in [2.45, 2.75) is 26.4 Å². The van der Waals surface area contributed by atoms with Crippen LogP contribution in [0.25, 0.3) is 0 Å². The Kier molecular flexibility index (Phi) is 5.53. The number of hydrogen-bond donors (Lipinski definition) is 2. The number of carbonyl (C=O) groups is 1. The average Bonchev–Trinajstić information content (AvgIpc) is 2.48. The molecule has 0 saturated carbocycles. The Morgan fingerprint density at radius 1 is 1.10 bits per heavy atom. The van der Waals surface area contributed by atoms with Crippen molar-refractivity contribution in [1.82, 2.24) is 5.32 Å². The standard InChI is InChI=1S/C17H19BrN2O/c1-12-3-9-16(10-4-12)20-17(21)13(2)19-11-14-5-7-15(18)8-6-14/h3-10,13,19H,11H2,1-2H3,(H,20,21). The number of rotatable bonds is 5. The van der Waals surface area contributed by atoms with Crippen molar-refractivity contribution in [3.8, 4) is 0 Å². The molecule has 2 aromatic rings. The lowest BCUT2D eigenvalue weighted by Gasteiger charge is -2.14. The van der Waals surface area contributed by atoms with Crippen molar-refractivity contribution in [3.63, 3.8) is 0 Å². The summed E-state index contributed by atoms with van der Waals surface area (Å²) in [5.74, 6) is -0.0315. The summed E-state index contributed by atoms with van der Waals surface area (Å²) in [6, 6.07) is 15.6. The minimum absolute atomic E-state index is 0.0315. The van der Waals surface area contributed by atoms with Gasteiger partial charge in [-0.25, -0.2) is 0 Å². The summed E-state index contributed by atoms with van der Waals surface area (Å²) in [4.78, 5) is 12.1. The molecule has 1 unspecified atom stereocenters. The van der Waals surface area contributed by atoms with Crippen LogP contribution in [0, 0.1) is 6.92 Å². The van der Waals surface area contributed by atoms with Crippen LogP contribution in [0.1, 0.15) is 18.1 Å². The van der Waals surface area contributed by atoms with E-state index >= 15 is 0 Å². The SMILES string of the molecule is Cc1ccc(NC(=O)C(C)NCc2ccc(Br)cc2)cc1.